The molecule has 19 heavy (non-hydrogen) atoms. The van der Waals surface area contributed by atoms with Gasteiger partial charge < -0.3 is 15.0 Å². The molecule has 0 radical (unpaired) electrons. The Morgan fingerprint density at radius 2 is 1.68 bits per heavy atom. The molecule has 2 aliphatic rings. The maximum atomic E-state index is 5.63. The highest BCUT2D eigenvalue weighted by molar-refractivity contribution is 4.77. The van der Waals surface area contributed by atoms with Gasteiger partial charge in [-0.2, -0.15) is 0 Å². The van der Waals surface area contributed by atoms with Crippen molar-refractivity contribution in [2.24, 2.45) is 5.92 Å². The topological polar surface area (TPSA) is 27.7 Å². The molecule has 0 unspecified atom stereocenters. The maximum Gasteiger partial charge on any atom is 0.0596 e. The summed E-state index contributed by atoms with van der Waals surface area (Å²) in [5.41, 5.74) is 0. The number of piperidine rings is 1. The molecule has 0 aromatic rings. The van der Waals surface area contributed by atoms with E-state index in [1.807, 2.05) is 0 Å². The molecule has 0 saturated carbocycles. The van der Waals surface area contributed by atoms with Crippen LogP contribution in [0.4, 0.5) is 0 Å². The Kier molecular flexibility index (Phi) is 6.57. The van der Waals surface area contributed by atoms with E-state index in [9.17, 15) is 0 Å². The Balaban J connectivity index is 1.56. The van der Waals surface area contributed by atoms with Crippen LogP contribution in [0.2, 0.25) is 0 Å². The smallest absolute Gasteiger partial charge is 0.0596 e. The second-order valence-electron chi connectivity index (χ2n) is 6.26. The average molecular weight is 269 g/mol. The van der Waals surface area contributed by atoms with E-state index in [4.69, 9.17) is 4.74 Å². The zero-order valence-corrected chi connectivity index (χ0v) is 12.7. The fourth-order valence-electron chi connectivity index (χ4n) is 3.04. The molecule has 1 N–H and O–H groups in total. The maximum absolute atomic E-state index is 5.63. The minimum atomic E-state index is 0.362. The zero-order valence-electron chi connectivity index (χ0n) is 12.7. The van der Waals surface area contributed by atoms with Crippen molar-refractivity contribution in [1.29, 1.82) is 0 Å². The molecule has 112 valence electrons. The molecule has 2 heterocycles. The van der Waals surface area contributed by atoms with E-state index in [2.05, 4.69) is 29.0 Å². The standard InChI is InChI=1S/C15H31N3O/c1-14(2)19-12-11-17-7-9-18(10-8-17)13-15-3-5-16-6-4-15/h14-16H,3-13H2,1-2H3. The highest BCUT2D eigenvalue weighted by Gasteiger charge is 2.21. The minimum absolute atomic E-state index is 0.362. The Morgan fingerprint density at radius 1 is 1.05 bits per heavy atom. The quantitative estimate of drug-likeness (QED) is 0.779. The number of hydrogen-bond acceptors (Lipinski definition) is 4. The summed E-state index contributed by atoms with van der Waals surface area (Å²) in [6.45, 7) is 14.9. The van der Waals surface area contributed by atoms with Crippen LogP contribution in [0.25, 0.3) is 0 Å². The number of nitrogens with zero attached hydrogens (tertiary/aromatic N) is 2. The second kappa shape index (κ2) is 8.20. The Labute approximate surface area is 118 Å². The summed E-state index contributed by atoms with van der Waals surface area (Å²) < 4.78 is 5.63. The molecule has 4 heteroatoms. The van der Waals surface area contributed by atoms with Crippen LogP contribution in [-0.2, 0) is 4.74 Å². The fourth-order valence-corrected chi connectivity index (χ4v) is 3.04. The highest BCUT2D eigenvalue weighted by atomic mass is 16.5. The molecule has 0 bridgehead atoms. The lowest BCUT2D eigenvalue weighted by Gasteiger charge is -2.37. The van der Waals surface area contributed by atoms with Crippen molar-refractivity contribution in [1.82, 2.24) is 15.1 Å². The summed E-state index contributed by atoms with van der Waals surface area (Å²) in [6.07, 6.45) is 3.09. The third kappa shape index (κ3) is 5.78. The Hall–Kier alpha value is -0.160. The molecular formula is C15H31N3O. The molecule has 4 nitrogen and oxygen atoms in total. The van der Waals surface area contributed by atoms with E-state index in [1.165, 1.54) is 58.7 Å². The number of nitrogens with one attached hydrogen (secondary N) is 1. The summed E-state index contributed by atoms with van der Waals surface area (Å²) in [5, 5.41) is 3.45. The molecule has 0 amide bonds. The van der Waals surface area contributed by atoms with Crippen LogP contribution in [0.3, 0.4) is 0 Å². The van der Waals surface area contributed by atoms with Gasteiger partial charge in [-0.15, -0.1) is 0 Å². The normalized spacial score (nSPS) is 24.2. The lowest BCUT2D eigenvalue weighted by Crippen LogP contribution is -2.49. The molecule has 2 aliphatic heterocycles. The van der Waals surface area contributed by atoms with E-state index >= 15 is 0 Å². The van der Waals surface area contributed by atoms with Crippen molar-refractivity contribution in [3.8, 4) is 0 Å². The fraction of sp³-hybridized carbons (Fsp3) is 1.00. The van der Waals surface area contributed by atoms with Crippen molar-refractivity contribution in [3.63, 3.8) is 0 Å². The lowest BCUT2D eigenvalue weighted by molar-refractivity contribution is 0.0418. The second-order valence-corrected chi connectivity index (χ2v) is 6.26. The monoisotopic (exact) mass is 269 g/mol. The van der Waals surface area contributed by atoms with Crippen LogP contribution in [0.5, 0.6) is 0 Å². The largest absolute Gasteiger partial charge is 0.377 e. The van der Waals surface area contributed by atoms with E-state index in [0.29, 0.717) is 6.10 Å². The SMILES string of the molecule is CC(C)OCCN1CCN(CC2CCNCC2)CC1. The molecule has 0 aromatic heterocycles. The Bertz CT molecular complexity index is 234. The average Bonchev–Trinajstić information content (AvgIpc) is 2.42. The van der Waals surface area contributed by atoms with E-state index < -0.39 is 0 Å². The molecule has 0 spiro atoms. The summed E-state index contributed by atoms with van der Waals surface area (Å²) >= 11 is 0. The highest BCUT2D eigenvalue weighted by Crippen LogP contribution is 2.14. The first-order valence-corrected chi connectivity index (χ1v) is 8.01. The molecule has 0 aliphatic carbocycles. The van der Waals surface area contributed by atoms with Crippen molar-refractivity contribution in [2.75, 3.05) is 59.0 Å². The minimum Gasteiger partial charge on any atom is -0.377 e. The van der Waals surface area contributed by atoms with Crippen LogP contribution >= 0.6 is 0 Å². The van der Waals surface area contributed by atoms with Gasteiger partial charge in [0.05, 0.1) is 12.7 Å². The van der Waals surface area contributed by atoms with Gasteiger partial charge in [-0.1, -0.05) is 0 Å². The summed E-state index contributed by atoms with van der Waals surface area (Å²) in [4.78, 5) is 5.21. The zero-order chi connectivity index (χ0) is 13.5. The van der Waals surface area contributed by atoms with Crippen LogP contribution in [-0.4, -0.2) is 74.9 Å². The van der Waals surface area contributed by atoms with Crippen LogP contribution < -0.4 is 5.32 Å². The summed E-state index contributed by atoms with van der Waals surface area (Å²) in [6, 6.07) is 0. The van der Waals surface area contributed by atoms with Crippen molar-refractivity contribution >= 4 is 0 Å². The number of piperazine rings is 1. The first kappa shape index (κ1) is 15.2. The van der Waals surface area contributed by atoms with Crippen molar-refractivity contribution in [2.45, 2.75) is 32.8 Å². The van der Waals surface area contributed by atoms with E-state index in [1.54, 1.807) is 0 Å². The first-order chi connectivity index (χ1) is 9.24. The predicted octanol–water partition coefficient (Wildman–Crippen LogP) is 1.03. The van der Waals surface area contributed by atoms with Crippen LogP contribution in [0, 0.1) is 5.92 Å². The molecule has 0 aromatic carbocycles. The third-order valence-electron chi connectivity index (χ3n) is 4.30. The summed E-state index contributed by atoms with van der Waals surface area (Å²) in [7, 11) is 0. The number of ether oxygens (including phenoxy) is 1. The van der Waals surface area contributed by atoms with Crippen molar-refractivity contribution < 1.29 is 4.74 Å². The molecule has 0 atom stereocenters. The van der Waals surface area contributed by atoms with Gasteiger partial charge >= 0.3 is 0 Å². The first-order valence-electron chi connectivity index (χ1n) is 8.01. The number of rotatable bonds is 6. The van der Waals surface area contributed by atoms with Gasteiger partial charge in [-0.3, -0.25) is 4.90 Å². The van der Waals surface area contributed by atoms with E-state index in [0.717, 1.165) is 19.1 Å². The van der Waals surface area contributed by atoms with Gasteiger partial charge in [0.2, 0.25) is 0 Å². The third-order valence-corrected chi connectivity index (χ3v) is 4.30. The van der Waals surface area contributed by atoms with Crippen LogP contribution in [0.1, 0.15) is 26.7 Å². The molecule has 2 fully saturated rings. The van der Waals surface area contributed by atoms with Gasteiger partial charge in [0.15, 0.2) is 0 Å². The van der Waals surface area contributed by atoms with Crippen molar-refractivity contribution in [3.05, 3.63) is 0 Å². The van der Waals surface area contributed by atoms with Gasteiger partial charge in [-0.25, -0.2) is 0 Å². The Morgan fingerprint density at radius 3 is 2.32 bits per heavy atom. The molecular weight excluding hydrogens is 238 g/mol. The predicted molar refractivity (Wildman–Crippen MR) is 79.6 cm³/mol. The van der Waals surface area contributed by atoms with Gasteiger partial charge in [0.1, 0.15) is 0 Å². The van der Waals surface area contributed by atoms with Gasteiger partial charge in [0, 0.05) is 39.3 Å². The van der Waals surface area contributed by atoms with Crippen LogP contribution in [0.15, 0.2) is 0 Å². The summed E-state index contributed by atoms with van der Waals surface area (Å²) in [5.74, 6) is 0.928. The van der Waals surface area contributed by atoms with Gasteiger partial charge in [0.25, 0.3) is 0 Å². The number of hydrogen-bond donors (Lipinski definition) is 1. The molecule has 2 rings (SSSR count). The lowest BCUT2D eigenvalue weighted by atomic mass is 9.97. The van der Waals surface area contributed by atoms with Gasteiger partial charge in [-0.05, 0) is 45.7 Å². The molecule has 2 saturated heterocycles. The van der Waals surface area contributed by atoms with E-state index in [-0.39, 0.29) is 0 Å².